The summed E-state index contributed by atoms with van der Waals surface area (Å²) in [6, 6.07) is 0. The SMILES string of the molecule is Cc1[nH]cc[n+]1C.O=[N+]([O-])[O-]. The fourth-order valence-corrected chi connectivity index (χ4v) is 0.483. The summed E-state index contributed by atoms with van der Waals surface area (Å²) in [5.41, 5.74) is 0. The van der Waals surface area contributed by atoms with E-state index in [0.29, 0.717) is 0 Å². The number of aromatic amines is 1. The maximum absolute atomic E-state index is 8.25. The second-order valence-corrected chi connectivity index (χ2v) is 1.88. The van der Waals surface area contributed by atoms with Gasteiger partial charge in [0.25, 0.3) is 5.82 Å². The molecule has 0 fully saturated rings. The van der Waals surface area contributed by atoms with E-state index in [2.05, 4.69) is 4.98 Å². The molecule has 1 rings (SSSR count). The van der Waals surface area contributed by atoms with Gasteiger partial charge in [-0.1, -0.05) is 0 Å². The van der Waals surface area contributed by atoms with E-state index in [9.17, 15) is 0 Å². The number of rotatable bonds is 0. The first-order chi connectivity index (χ1) is 5.04. The minimum absolute atomic E-state index is 1.18. The molecule has 0 saturated heterocycles. The first kappa shape index (κ1) is 9.41. The fraction of sp³-hybridized carbons (Fsp3) is 0.400. The lowest BCUT2D eigenvalue weighted by Crippen LogP contribution is -2.27. The van der Waals surface area contributed by atoms with Crippen molar-refractivity contribution in [1.29, 1.82) is 0 Å². The first-order valence-corrected chi connectivity index (χ1v) is 2.85. The predicted molar refractivity (Wildman–Crippen MR) is 37.1 cm³/mol. The van der Waals surface area contributed by atoms with Gasteiger partial charge in [-0.3, -0.25) is 0 Å². The fourth-order valence-electron chi connectivity index (χ4n) is 0.483. The van der Waals surface area contributed by atoms with Crippen molar-refractivity contribution in [3.8, 4) is 0 Å². The minimum atomic E-state index is -1.75. The van der Waals surface area contributed by atoms with Gasteiger partial charge in [0.1, 0.15) is 12.4 Å². The van der Waals surface area contributed by atoms with Crippen LogP contribution in [0.2, 0.25) is 0 Å². The molecule has 6 nitrogen and oxygen atoms in total. The van der Waals surface area contributed by atoms with Crippen LogP contribution in [0, 0.1) is 22.2 Å². The molecule has 1 N–H and O–H groups in total. The molecule has 6 heteroatoms. The predicted octanol–water partition coefficient (Wildman–Crippen LogP) is -0.0915. The number of imidazole rings is 1. The number of nitrogens with zero attached hydrogens (tertiary/aromatic N) is 2. The van der Waals surface area contributed by atoms with Gasteiger partial charge < -0.3 is 15.3 Å². The summed E-state index contributed by atoms with van der Waals surface area (Å²) in [5, 5.41) is 14.8. The molecule has 0 spiro atoms. The molecular formula is C5H9N3O3. The Morgan fingerprint density at radius 1 is 1.64 bits per heavy atom. The van der Waals surface area contributed by atoms with Gasteiger partial charge in [-0.05, 0) is 0 Å². The van der Waals surface area contributed by atoms with E-state index in [-0.39, 0.29) is 0 Å². The molecule has 0 amide bonds. The zero-order valence-electron chi connectivity index (χ0n) is 6.27. The lowest BCUT2D eigenvalue weighted by Gasteiger charge is -1.77. The highest BCUT2D eigenvalue weighted by atomic mass is 16.9. The van der Waals surface area contributed by atoms with Gasteiger partial charge in [0.15, 0.2) is 0 Å². The van der Waals surface area contributed by atoms with Gasteiger partial charge in [-0.15, -0.1) is 0 Å². The molecule has 1 heterocycles. The lowest BCUT2D eigenvalue weighted by molar-refractivity contribution is -0.676. The third-order valence-electron chi connectivity index (χ3n) is 1.12. The van der Waals surface area contributed by atoms with E-state index in [1.807, 2.05) is 30.9 Å². The minimum Gasteiger partial charge on any atom is -0.356 e. The summed E-state index contributed by atoms with van der Waals surface area (Å²) in [7, 11) is 2.01. The number of H-pyrrole nitrogens is 1. The van der Waals surface area contributed by atoms with Crippen LogP contribution >= 0.6 is 0 Å². The zero-order chi connectivity index (χ0) is 8.85. The van der Waals surface area contributed by atoms with Crippen molar-refractivity contribution in [2.24, 2.45) is 7.05 Å². The average molecular weight is 159 g/mol. The standard InChI is InChI=1S/C5H8N2.NO3/c1-5-6-3-4-7(5)2;2-1(3)4/h3-4H,1-2H3;/q;-1/p+1. The summed E-state index contributed by atoms with van der Waals surface area (Å²) >= 11 is 0. The van der Waals surface area contributed by atoms with Gasteiger partial charge in [-0.2, -0.15) is 0 Å². The van der Waals surface area contributed by atoms with Crippen LogP contribution in [0.4, 0.5) is 0 Å². The van der Waals surface area contributed by atoms with Crippen molar-refractivity contribution in [3.05, 3.63) is 33.5 Å². The Labute approximate surface area is 63.2 Å². The Morgan fingerprint density at radius 2 is 2.09 bits per heavy atom. The van der Waals surface area contributed by atoms with Crippen LogP contribution in [0.1, 0.15) is 5.82 Å². The number of aryl methyl sites for hydroxylation is 2. The molecule has 0 aliphatic rings. The number of nitrogens with one attached hydrogen (secondary N) is 1. The normalized spacial score (nSPS) is 8.18. The van der Waals surface area contributed by atoms with Crippen LogP contribution in [0.3, 0.4) is 0 Å². The van der Waals surface area contributed by atoms with Crippen LogP contribution in [0.15, 0.2) is 12.4 Å². The Bertz CT molecular complexity index is 212. The quantitative estimate of drug-likeness (QED) is 0.326. The number of hydrogen-bond donors (Lipinski definition) is 1. The maximum Gasteiger partial charge on any atom is 0.250 e. The molecule has 0 bridgehead atoms. The zero-order valence-corrected chi connectivity index (χ0v) is 6.27. The lowest BCUT2D eigenvalue weighted by atomic mass is 10.7. The molecule has 0 aliphatic heterocycles. The molecule has 0 aliphatic carbocycles. The van der Waals surface area contributed by atoms with Crippen molar-refractivity contribution < 1.29 is 9.65 Å². The monoisotopic (exact) mass is 159 g/mol. The summed E-state index contributed by atoms with van der Waals surface area (Å²) < 4.78 is 2.03. The Balaban J connectivity index is 0.000000218. The molecule has 62 valence electrons. The molecule has 1 aromatic heterocycles. The Kier molecular flexibility index (Phi) is 3.65. The molecule has 0 atom stereocenters. The van der Waals surface area contributed by atoms with E-state index in [1.54, 1.807) is 0 Å². The summed E-state index contributed by atoms with van der Waals surface area (Å²) in [6.45, 7) is 2.03. The summed E-state index contributed by atoms with van der Waals surface area (Å²) in [6.07, 6.45) is 3.89. The molecule has 1 aromatic rings. The van der Waals surface area contributed by atoms with Crippen molar-refractivity contribution in [2.75, 3.05) is 0 Å². The van der Waals surface area contributed by atoms with Crippen LogP contribution in [0.25, 0.3) is 0 Å². The molecular weight excluding hydrogens is 150 g/mol. The van der Waals surface area contributed by atoms with Crippen molar-refractivity contribution in [3.63, 3.8) is 0 Å². The van der Waals surface area contributed by atoms with Gasteiger partial charge in [0, 0.05) is 6.92 Å². The van der Waals surface area contributed by atoms with Crippen LogP contribution in [0.5, 0.6) is 0 Å². The largest absolute Gasteiger partial charge is 0.356 e. The maximum atomic E-state index is 8.25. The van der Waals surface area contributed by atoms with Crippen molar-refractivity contribution in [1.82, 2.24) is 4.98 Å². The average Bonchev–Trinajstić information content (AvgIpc) is 2.15. The molecule has 0 unspecified atom stereocenters. The van der Waals surface area contributed by atoms with Gasteiger partial charge >= 0.3 is 0 Å². The molecule has 0 radical (unpaired) electrons. The van der Waals surface area contributed by atoms with Gasteiger partial charge in [-0.25, -0.2) is 9.55 Å². The van der Waals surface area contributed by atoms with Crippen LogP contribution < -0.4 is 4.57 Å². The molecule has 0 saturated carbocycles. The van der Waals surface area contributed by atoms with Crippen LogP contribution in [-0.4, -0.2) is 10.1 Å². The first-order valence-electron chi connectivity index (χ1n) is 2.85. The van der Waals surface area contributed by atoms with Gasteiger partial charge in [0.05, 0.1) is 12.1 Å². The third-order valence-corrected chi connectivity index (χ3v) is 1.12. The second kappa shape index (κ2) is 4.26. The third kappa shape index (κ3) is 4.89. The highest BCUT2D eigenvalue weighted by Crippen LogP contribution is 1.75. The smallest absolute Gasteiger partial charge is 0.250 e. The molecule has 11 heavy (non-hydrogen) atoms. The second-order valence-electron chi connectivity index (χ2n) is 1.88. The van der Waals surface area contributed by atoms with E-state index < -0.39 is 5.09 Å². The number of hydrogen-bond acceptors (Lipinski definition) is 3. The van der Waals surface area contributed by atoms with E-state index in [4.69, 9.17) is 15.3 Å². The Hall–Kier alpha value is -1.59. The Morgan fingerprint density at radius 3 is 2.18 bits per heavy atom. The highest BCUT2D eigenvalue weighted by molar-refractivity contribution is 4.69. The molecule has 0 aromatic carbocycles. The number of aromatic nitrogens is 2. The van der Waals surface area contributed by atoms with E-state index in [0.717, 1.165) is 0 Å². The van der Waals surface area contributed by atoms with E-state index >= 15 is 0 Å². The van der Waals surface area contributed by atoms with Crippen LogP contribution in [-0.2, 0) is 7.05 Å². The van der Waals surface area contributed by atoms with Crippen molar-refractivity contribution >= 4 is 0 Å². The summed E-state index contributed by atoms with van der Waals surface area (Å²) in [4.78, 5) is 11.3. The highest BCUT2D eigenvalue weighted by Gasteiger charge is 1.93. The summed E-state index contributed by atoms with van der Waals surface area (Å²) in [5.74, 6) is 1.18. The van der Waals surface area contributed by atoms with E-state index in [1.165, 1.54) is 5.82 Å². The van der Waals surface area contributed by atoms with Gasteiger partial charge in [0.2, 0.25) is 0 Å². The topological polar surface area (TPSA) is 85.9 Å². The van der Waals surface area contributed by atoms with Crippen molar-refractivity contribution in [2.45, 2.75) is 6.92 Å².